The first-order valence-electron chi connectivity index (χ1n) is 7.48. The zero-order valence-corrected chi connectivity index (χ0v) is 13.0. The number of hydrogen-bond donors (Lipinski definition) is 1. The predicted octanol–water partition coefficient (Wildman–Crippen LogP) is 2.64. The number of rotatable bonds is 4. The van der Waals surface area contributed by atoms with Crippen molar-refractivity contribution in [2.75, 3.05) is 38.1 Å². The van der Waals surface area contributed by atoms with Crippen LogP contribution in [0.2, 0.25) is 0 Å². The van der Waals surface area contributed by atoms with Gasteiger partial charge < -0.3 is 10.2 Å². The van der Waals surface area contributed by atoms with E-state index in [9.17, 15) is 4.39 Å². The third-order valence-electron chi connectivity index (χ3n) is 4.27. The smallest absolute Gasteiger partial charge is 0.123 e. The maximum atomic E-state index is 13.5. The van der Waals surface area contributed by atoms with Gasteiger partial charge in [0, 0.05) is 44.0 Å². The molecule has 0 amide bonds. The molecule has 0 saturated carbocycles. The van der Waals surface area contributed by atoms with E-state index in [4.69, 9.17) is 0 Å². The summed E-state index contributed by atoms with van der Waals surface area (Å²) in [6.07, 6.45) is 0. The molecule has 3 nitrogen and oxygen atoms in total. The first kappa shape index (κ1) is 15.3. The number of hydrogen-bond acceptors (Lipinski definition) is 3. The Morgan fingerprint density at radius 1 is 1.10 bits per heavy atom. The molecule has 0 bridgehead atoms. The maximum absolute atomic E-state index is 13.5. The summed E-state index contributed by atoms with van der Waals surface area (Å²) < 4.78 is 13.5. The molecule has 2 rings (SSSR count). The quantitative estimate of drug-likeness (QED) is 0.914. The van der Waals surface area contributed by atoms with Crippen LogP contribution < -0.4 is 10.2 Å². The largest absolute Gasteiger partial charge is 0.369 e. The van der Waals surface area contributed by atoms with Gasteiger partial charge in [0.15, 0.2) is 0 Å². The van der Waals surface area contributed by atoms with Crippen LogP contribution in [0.5, 0.6) is 0 Å². The lowest BCUT2D eigenvalue weighted by molar-refractivity contribution is 0.209. The van der Waals surface area contributed by atoms with Gasteiger partial charge in [-0.25, -0.2) is 4.39 Å². The fourth-order valence-corrected chi connectivity index (χ4v) is 2.79. The van der Waals surface area contributed by atoms with Gasteiger partial charge in [-0.05, 0) is 51.6 Å². The Bertz CT molecular complexity index is 439. The highest BCUT2D eigenvalue weighted by Crippen LogP contribution is 2.28. The topological polar surface area (TPSA) is 18.5 Å². The number of anilines is 1. The summed E-state index contributed by atoms with van der Waals surface area (Å²) in [6.45, 7) is 10.7. The van der Waals surface area contributed by atoms with Gasteiger partial charge in [0.25, 0.3) is 0 Å². The van der Waals surface area contributed by atoms with Crippen LogP contribution in [0.15, 0.2) is 18.2 Å². The first-order valence-corrected chi connectivity index (χ1v) is 7.48. The standard InChI is InChI=1S/C16H26FN3/c1-12(2)19-7-9-20(10-8-19)16-6-5-14(17)11-15(16)13(3)18-4/h5-6,11-13,18H,7-10H2,1-4H3. The summed E-state index contributed by atoms with van der Waals surface area (Å²) in [4.78, 5) is 4.86. The Hall–Kier alpha value is -1.13. The number of benzene rings is 1. The van der Waals surface area contributed by atoms with Gasteiger partial charge in [0.1, 0.15) is 5.82 Å². The number of nitrogens with zero attached hydrogens (tertiary/aromatic N) is 2. The van der Waals surface area contributed by atoms with Crippen LogP contribution in [0.1, 0.15) is 32.4 Å². The predicted molar refractivity (Wildman–Crippen MR) is 82.8 cm³/mol. The Kier molecular flexibility index (Phi) is 5.00. The minimum Gasteiger partial charge on any atom is -0.369 e. The van der Waals surface area contributed by atoms with Crippen LogP contribution in [0.4, 0.5) is 10.1 Å². The van der Waals surface area contributed by atoms with Gasteiger partial charge in [-0.2, -0.15) is 0 Å². The van der Waals surface area contributed by atoms with Crippen molar-refractivity contribution in [2.45, 2.75) is 32.9 Å². The molecule has 1 aromatic carbocycles. The monoisotopic (exact) mass is 279 g/mol. The molecule has 1 saturated heterocycles. The first-order chi connectivity index (χ1) is 9.52. The molecule has 0 aromatic heterocycles. The molecular formula is C16H26FN3. The van der Waals surface area contributed by atoms with Gasteiger partial charge in [-0.15, -0.1) is 0 Å². The van der Waals surface area contributed by atoms with Gasteiger partial charge in [0.2, 0.25) is 0 Å². The number of nitrogens with one attached hydrogen (secondary N) is 1. The van der Waals surface area contributed by atoms with E-state index < -0.39 is 0 Å². The molecule has 0 aliphatic carbocycles. The second-order valence-electron chi connectivity index (χ2n) is 5.83. The van der Waals surface area contributed by atoms with E-state index in [0.29, 0.717) is 6.04 Å². The molecule has 112 valence electrons. The highest BCUT2D eigenvalue weighted by molar-refractivity contribution is 5.55. The van der Waals surface area contributed by atoms with Crippen LogP contribution in [0.25, 0.3) is 0 Å². The van der Waals surface area contributed by atoms with Crippen molar-refractivity contribution in [1.82, 2.24) is 10.2 Å². The molecule has 4 heteroatoms. The highest BCUT2D eigenvalue weighted by Gasteiger charge is 2.22. The van der Waals surface area contributed by atoms with Crippen molar-refractivity contribution in [3.63, 3.8) is 0 Å². The van der Waals surface area contributed by atoms with E-state index in [-0.39, 0.29) is 11.9 Å². The average Bonchev–Trinajstić information content (AvgIpc) is 2.46. The summed E-state index contributed by atoms with van der Waals surface area (Å²) in [5.41, 5.74) is 2.21. The molecule has 1 aromatic rings. The fourth-order valence-electron chi connectivity index (χ4n) is 2.79. The summed E-state index contributed by atoms with van der Waals surface area (Å²) in [5, 5.41) is 3.21. The molecule has 1 aliphatic rings. The van der Waals surface area contributed by atoms with E-state index in [1.54, 1.807) is 12.1 Å². The molecular weight excluding hydrogens is 253 g/mol. The van der Waals surface area contributed by atoms with E-state index in [2.05, 4.69) is 35.9 Å². The summed E-state index contributed by atoms with van der Waals surface area (Å²) >= 11 is 0. The van der Waals surface area contributed by atoms with Crippen LogP contribution >= 0.6 is 0 Å². The normalized spacial score (nSPS) is 18.6. The van der Waals surface area contributed by atoms with Crippen LogP contribution in [0.3, 0.4) is 0 Å². The molecule has 1 heterocycles. The SMILES string of the molecule is CNC(C)c1cc(F)ccc1N1CCN(C(C)C)CC1. The lowest BCUT2D eigenvalue weighted by Crippen LogP contribution is -2.49. The van der Waals surface area contributed by atoms with Crippen LogP contribution in [-0.4, -0.2) is 44.2 Å². The molecule has 1 atom stereocenters. The van der Waals surface area contributed by atoms with Crippen LogP contribution in [0, 0.1) is 5.82 Å². The maximum Gasteiger partial charge on any atom is 0.123 e. The van der Waals surface area contributed by atoms with E-state index in [1.807, 2.05) is 13.1 Å². The minimum absolute atomic E-state index is 0.156. The molecule has 0 spiro atoms. The van der Waals surface area contributed by atoms with Gasteiger partial charge in [-0.3, -0.25) is 4.90 Å². The summed E-state index contributed by atoms with van der Waals surface area (Å²) in [6, 6.07) is 5.90. The summed E-state index contributed by atoms with van der Waals surface area (Å²) in [7, 11) is 1.91. The van der Waals surface area contributed by atoms with E-state index >= 15 is 0 Å². The molecule has 1 fully saturated rings. The third-order valence-corrected chi connectivity index (χ3v) is 4.27. The van der Waals surface area contributed by atoms with Crippen molar-refractivity contribution in [3.05, 3.63) is 29.6 Å². The molecule has 1 N–H and O–H groups in total. The van der Waals surface area contributed by atoms with Gasteiger partial charge >= 0.3 is 0 Å². The van der Waals surface area contributed by atoms with E-state index in [0.717, 1.165) is 37.4 Å². The van der Waals surface area contributed by atoms with Crippen LogP contribution in [-0.2, 0) is 0 Å². The second-order valence-corrected chi connectivity index (χ2v) is 5.83. The minimum atomic E-state index is -0.160. The number of halogens is 1. The fraction of sp³-hybridized carbons (Fsp3) is 0.625. The van der Waals surface area contributed by atoms with Crippen molar-refractivity contribution >= 4 is 5.69 Å². The Balaban J connectivity index is 2.17. The molecule has 1 unspecified atom stereocenters. The Labute approximate surface area is 121 Å². The molecule has 20 heavy (non-hydrogen) atoms. The zero-order chi connectivity index (χ0) is 14.7. The van der Waals surface area contributed by atoms with Crippen molar-refractivity contribution in [2.24, 2.45) is 0 Å². The molecule has 0 radical (unpaired) electrons. The highest BCUT2D eigenvalue weighted by atomic mass is 19.1. The molecule has 1 aliphatic heterocycles. The van der Waals surface area contributed by atoms with Gasteiger partial charge in [-0.1, -0.05) is 0 Å². The van der Waals surface area contributed by atoms with E-state index in [1.165, 1.54) is 0 Å². The zero-order valence-electron chi connectivity index (χ0n) is 13.0. The lowest BCUT2D eigenvalue weighted by atomic mass is 10.0. The number of piperazine rings is 1. The Morgan fingerprint density at radius 2 is 1.75 bits per heavy atom. The van der Waals surface area contributed by atoms with Gasteiger partial charge in [0.05, 0.1) is 0 Å². The third kappa shape index (κ3) is 3.30. The van der Waals surface area contributed by atoms with Crippen molar-refractivity contribution in [1.29, 1.82) is 0 Å². The lowest BCUT2D eigenvalue weighted by Gasteiger charge is -2.39. The Morgan fingerprint density at radius 3 is 2.30 bits per heavy atom. The summed E-state index contributed by atoms with van der Waals surface area (Å²) in [5.74, 6) is -0.160. The average molecular weight is 279 g/mol. The van der Waals surface area contributed by atoms with Crippen molar-refractivity contribution < 1.29 is 4.39 Å². The second kappa shape index (κ2) is 6.55. The van der Waals surface area contributed by atoms with Crippen molar-refractivity contribution in [3.8, 4) is 0 Å².